The molecule has 2 atom stereocenters. The first kappa shape index (κ1) is 15.7. The van der Waals surface area contributed by atoms with Gasteiger partial charge in [0.25, 0.3) is 5.69 Å². The Balaban J connectivity index is 2.30. The van der Waals surface area contributed by atoms with Crippen molar-refractivity contribution in [3.63, 3.8) is 0 Å². The molecule has 2 N–H and O–H groups in total. The van der Waals surface area contributed by atoms with Crippen LogP contribution in [-0.2, 0) is 0 Å². The van der Waals surface area contributed by atoms with E-state index in [1.54, 1.807) is 0 Å². The van der Waals surface area contributed by atoms with Crippen molar-refractivity contribution in [2.75, 3.05) is 18.0 Å². The van der Waals surface area contributed by atoms with E-state index >= 15 is 0 Å². The van der Waals surface area contributed by atoms with Crippen LogP contribution in [0.2, 0.25) is 0 Å². The number of halogens is 1. The van der Waals surface area contributed by atoms with E-state index in [0.717, 1.165) is 25.3 Å². The zero-order valence-corrected chi connectivity index (χ0v) is 12.3. The number of nitrogens with zero attached hydrogens (tertiary/aromatic N) is 2. The van der Waals surface area contributed by atoms with E-state index in [1.807, 2.05) is 11.8 Å². The molecular formula is C15H22FN3O2. The Morgan fingerprint density at radius 3 is 2.71 bits per heavy atom. The van der Waals surface area contributed by atoms with Crippen molar-refractivity contribution in [3.05, 3.63) is 34.1 Å². The minimum atomic E-state index is -0.577. The molecule has 21 heavy (non-hydrogen) atoms. The maximum atomic E-state index is 14.3. The monoisotopic (exact) mass is 295 g/mol. The van der Waals surface area contributed by atoms with Crippen LogP contribution < -0.4 is 10.6 Å². The molecule has 0 heterocycles. The van der Waals surface area contributed by atoms with Crippen LogP contribution >= 0.6 is 0 Å². The van der Waals surface area contributed by atoms with Crippen LogP contribution in [0.5, 0.6) is 0 Å². The van der Waals surface area contributed by atoms with Gasteiger partial charge in [-0.1, -0.05) is 12.8 Å². The molecule has 0 radical (unpaired) electrons. The minimum Gasteiger partial charge on any atom is -0.366 e. The van der Waals surface area contributed by atoms with E-state index in [4.69, 9.17) is 5.73 Å². The molecule has 2 rings (SSSR count). The molecule has 0 amide bonds. The van der Waals surface area contributed by atoms with E-state index in [2.05, 4.69) is 0 Å². The number of benzene rings is 1. The Hall–Kier alpha value is -1.69. The van der Waals surface area contributed by atoms with Gasteiger partial charge in [-0.2, -0.15) is 0 Å². The maximum absolute atomic E-state index is 14.3. The molecule has 6 heteroatoms. The molecule has 0 aromatic heterocycles. The molecule has 1 aromatic carbocycles. The van der Waals surface area contributed by atoms with Gasteiger partial charge >= 0.3 is 0 Å². The summed E-state index contributed by atoms with van der Waals surface area (Å²) in [6.45, 7) is 3.23. The van der Waals surface area contributed by atoms with Gasteiger partial charge in [0.15, 0.2) is 5.82 Å². The van der Waals surface area contributed by atoms with Crippen LogP contribution in [0, 0.1) is 21.8 Å². The highest BCUT2D eigenvalue weighted by molar-refractivity contribution is 5.53. The molecule has 2 unspecified atom stereocenters. The quantitative estimate of drug-likeness (QED) is 0.669. The van der Waals surface area contributed by atoms with Crippen molar-refractivity contribution in [3.8, 4) is 0 Å². The highest BCUT2D eigenvalue weighted by Crippen LogP contribution is 2.33. The average molecular weight is 295 g/mol. The van der Waals surface area contributed by atoms with Crippen molar-refractivity contribution in [2.24, 2.45) is 11.7 Å². The van der Waals surface area contributed by atoms with Crippen LogP contribution in [0.3, 0.4) is 0 Å². The van der Waals surface area contributed by atoms with Crippen LogP contribution in [0.25, 0.3) is 0 Å². The topological polar surface area (TPSA) is 72.4 Å². The number of hydrogen-bond acceptors (Lipinski definition) is 4. The summed E-state index contributed by atoms with van der Waals surface area (Å²) in [5, 5.41) is 10.7. The zero-order chi connectivity index (χ0) is 15.4. The SMILES string of the molecule is CCN(c1ccc([N+](=O)[O-])cc1F)C1CCCCC1CN. The van der Waals surface area contributed by atoms with Gasteiger partial charge in [-0.05, 0) is 38.3 Å². The lowest BCUT2D eigenvalue weighted by atomic mass is 9.83. The molecule has 5 nitrogen and oxygen atoms in total. The lowest BCUT2D eigenvalue weighted by Crippen LogP contribution is -2.45. The fourth-order valence-electron chi connectivity index (χ4n) is 3.30. The molecule has 1 aliphatic carbocycles. The van der Waals surface area contributed by atoms with Gasteiger partial charge in [-0.15, -0.1) is 0 Å². The number of hydrogen-bond donors (Lipinski definition) is 1. The first-order chi connectivity index (χ1) is 10.1. The highest BCUT2D eigenvalue weighted by atomic mass is 19.1. The van der Waals surface area contributed by atoms with Crippen LogP contribution in [0.4, 0.5) is 15.8 Å². The summed E-state index contributed by atoms with van der Waals surface area (Å²) in [5.41, 5.74) is 6.08. The smallest absolute Gasteiger partial charge is 0.272 e. The summed E-state index contributed by atoms with van der Waals surface area (Å²) in [7, 11) is 0. The zero-order valence-electron chi connectivity index (χ0n) is 12.3. The summed E-state index contributed by atoms with van der Waals surface area (Å²) in [6.07, 6.45) is 4.34. The lowest BCUT2D eigenvalue weighted by Gasteiger charge is -2.40. The Bertz CT molecular complexity index is 510. The molecular weight excluding hydrogens is 273 g/mol. The maximum Gasteiger partial charge on any atom is 0.272 e. The van der Waals surface area contributed by atoms with Gasteiger partial charge in [-0.3, -0.25) is 10.1 Å². The number of rotatable bonds is 5. The van der Waals surface area contributed by atoms with Gasteiger partial charge in [-0.25, -0.2) is 4.39 Å². The molecule has 116 valence electrons. The summed E-state index contributed by atoms with van der Waals surface area (Å²) < 4.78 is 14.3. The number of nitrogens with two attached hydrogens (primary N) is 1. The summed E-state index contributed by atoms with van der Waals surface area (Å²) in [6, 6.07) is 4.09. The third-order valence-electron chi connectivity index (χ3n) is 4.36. The van der Waals surface area contributed by atoms with Crippen molar-refractivity contribution < 1.29 is 9.31 Å². The second-order valence-electron chi connectivity index (χ2n) is 5.53. The van der Waals surface area contributed by atoms with Gasteiger partial charge in [0.1, 0.15) is 0 Å². The number of anilines is 1. The molecule has 1 aromatic rings. The fraction of sp³-hybridized carbons (Fsp3) is 0.600. The number of nitro benzene ring substituents is 1. The van der Waals surface area contributed by atoms with Crippen molar-refractivity contribution >= 4 is 11.4 Å². The molecule has 0 saturated heterocycles. The second-order valence-corrected chi connectivity index (χ2v) is 5.53. The summed E-state index contributed by atoms with van der Waals surface area (Å²) >= 11 is 0. The Labute approximate surface area is 124 Å². The lowest BCUT2D eigenvalue weighted by molar-refractivity contribution is -0.385. The summed E-state index contributed by atoms with van der Waals surface area (Å²) in [5.74, 6) is -0.180. The predicted octanol–water partition coefficient (Wildman–Crippen LogP) is 3.08. The predicted molar refractivity (Wildman–Crippen MR) is 80.9 cm³/mol. The molecule has 1 fully saturated rings. The fourth-order valence-corrected chi connectivity index (χ4v) is 3.30. The first-order valence-electron chi connectivity index (χ1n) is 7.49. The van der Waals surface area contributed by atoms with Crippen molar-refractivity contribution in [2.45, 2.75) is 38.6 Å². The van der Waals surface area contributed by atoms with Crippen molar-refractivity contribution in [1.82, 2.24) is 0 Å². The Morgan fingerprint density at radius 2 is 2.14 bits per heavy atom. The van der Waals surface area contributed by atoms with E-state index in [-0.39, 0.29) is 11.7 Å². The first-order valence-corrected chi connectivity index (χ1v) is 7.49. The highest BCUT2D eigenvalue weighted by Gasteiger charge is 2.30. The third kappa shape index (κ3) is 3.32. The number of non-ortho nitro benzene ring substituents is 1. The van der Waals surface area contributed by atoms with E-state index in [0.29, 0.717) is 24.7 Å². The van der Waals surface area contributed by atoms with Crippen LogP contribution in [-0.4, -0.2) is 24.1 Å². The van der Waals surface area contributed by atoms with Gasteiger partial charge in [0, 0.05) is 18.7 Å². The Kier molecular flexibility index (Phi) is 5.12. The van der Waals surface area contributed by atoms with E-state index < -0.39 is 10.7 Å². The minimum absolute atomic E-state index is 0.213. The van der Waals surface area contributed by atoms with Crippen molar-refractivity contribution in [1.29, 1.82) is 0 Å². The summed E-state index contributed by atoms with van der Waals surface area (Å²) in [4.78, 5) is 12.1. The van der Waals surface area contributed by atoms with E-state index in [1.165, 1.54) is 18.6 Å². The number of nitro groups is 1. The van der Waals surface area contributed by atoms with E-state index in [9.17, 15) is 14.5 Å². The van der Waals surface area contributed by atoms with Crippen LogP contribution in [0.15, 0.2) is 18.2 Å². The molecule has 0 spiro atoms. The largest absolute Gasteiger partial charge is 0.366 e. The normalized spacial score (nSPS) is 22.0. The molecule has 1 aliphatic rings. The molecule has 0 bridgehead atoms. The standard InChI is InChI=1S/C15H22FN3O2/c1-2-18(14-6-4-3-5-11(14)10-17)15-8-7-12(19(20)21)9-13(15)16/h7-9,11,14H,2-6,10,17H2,1H3. The van der Waals surface area contributed by atoms with Gasteiger partial charge in [0.2, 0.25) is 0 Å². The Morgan fingerprint density at radius 1 is 1.43 bits per heavy atom. The molecule has 0 aliphatic heterocycles. The van der Waals surface area contributed by atoms with Crippen LogP contribution in [0.1, 0.15) is 32.6 Å². The third-order valence-corrected chi connectivity index (χ3v) is 4.36. The second kappa shape index (κ2) is 6.85. The average Bonchev–Trinajstić information content (AvgIpc) is 2.49. The van der Waals surface area contributed by atoms with Gasteiger partial charge in [0.05, 0.1) is 16.7 Å². The van der Waals surface area contributed by atoms with Gasteiger partial charge < -0.3 is 10.6 Å². The molecule has 1 saturated carbocycles.